The summed E-state index contributed by atoms with van der Waals surface area (Å²) in [6.45, 7) is 5.00. The van der Waals surface area contributed by atoms with Crippen molar-refractivity contribution in [1.29, 1.82) is 0 Å². The van der Waals surface area contributed by atoms with Crippen molar-refractivity contribution in [2.75, 3.05) is 9.44 Å². The first-order chi connectivity index (χ1) is 14.9. The van der Waals surface area contributed by atoms with Gasteiger partial charge >= 0.3 is 0 Å². The highest BCUT2D eigenvalue weighted by Crippen LogP contribution is 2.25. The molecule has 0 heterocycles. The predicted octanol–water partition coefficient (Wildman–Crippen LogP) is 4.12. The molecule has 0 aliphatic heterocycles. The number of nitro benzene ring substituents is 1. The number of rotatable bonds is 7. The van der Waals surface area contributed by atoms with E-state index in [4.69, 9.17) is 0 Å². The second-order valence-electron chi connectivity index (χ2n) is 7.26. The van der Waals surface area contributed by atoms with E-state index in [9.17, 15) is 26.9 Å². The zero-order valence-corrected chi connectivity index (χ0v) is 19.1. The van der Waals surface area contributed by atoms with Crippen molar-refractivity contribution in [3.8, 4) is 0 Å². The van der Waals surface area contributed by atoms with E-state index in [1.807, 2.05) is 6.07 Å². The van der Waals surface area contributed by atoms with Gasteiger partial charge in [0.2, 0.25) is 0 Å². The zero-order chi connectivity index (χ0) is 23.7. The Morgan fingerprint density at radius 3 is 1.81 bits per heavy atom. The molecular weight excluding hydrogens is 454 g/mol. The maximum Gasteiger partial charge on any atom is 0.273 e. The van der Waals surface area contributed by atoms with E-state index < -0.39 is 25.0 Å². The van der Waals surface area contributed by atoms with Crippen molar-refractivity contribution in [1.82, 2.24) is 0 Å². The largest absolute Gasteiger partial charge is 0.280 e. The molecule has 3 aromatic carbocycles. The van der Waals surface area contributed by atoms with Crippen molar-refractivity contribution in [2.24, 2.45) is 0 Å². The first-order valence-corrected chi connectivity index (χ1v) is 12.3. The molecule has 3 aromatic rings. The van der Waals surface area contributed by atoms with Crippen LogP contribution in [0.15, 0.2) is 70.5 Å². The molecule has 2 N–H and O–H groups in total. The summed E-state index contributed by atoms with van der Waals surface area (Å²) in [5.74, 6) is 0. The maximum atomic E-state index is 12.7. The topological polar surface area (TPSA) is 135 Å². The number of hydrogen-bond donors (Lipinski definition) is 2. The SMILES string of the molecule is Cc1ccc(C)c(S(=O)(=O)Nc2ccc(NS(=O)(=O)c3ccc(C)c([N+](=O)[O-])c3)cc2)c1. The second-order valence-corrected chi connectivity index (χ2v) is 10.6. The van der Waals surface area contributed by atoms with Gasteiger partial charge in [0.15, 0.2) is 0 Å². The Morgan fingerprint density at radius 2 is 1.25 bits per heavy atom. The van der Waals surface area contributed by atoms with Gasteiger partial charge in [-0.2, -0.15) is 0 Å². The molecular formula is C21H21N3O6S2. The Bertz CT molecular complexity index is 1400. The van der Waals surface area contributed by atoms with Crippen LogP contribution < -0.4 is 9.44 Å². The quantitative estimate of drug-likeness (QED) is 0.390. The average molecular weight is 476 g/mol. The van der Waals surface area contributed by atoms with Crippen LogP contribution in [-0.4, -0.2) is 21.8 Å². The smallest absolute Gasteiger partial charge is 0.273 e. The minimum Gasteiger partial charge on any atom is -0.280 e. The molecule has 0 saturated carbocycles. The summed E-state index contributed by atoms with van der Waals surface area (Å²) in [5.41, 5.74) is 1.86. The molecule has 32 heavy (non-hydrogen) atoms. The summed E-state index contributed by atoms with van der Waals surface area (Å²) in [7, 11) is -7.91. The molecule has 0 radical (unpaired) electrons. The van der Waals surface area contributed by atoms with Crippen LogP contribution >= 0.6 is 0 Å². The predicted molar refractivity (Wildman–Crippen MR) is 122 cm³/mol. The van der Waals surface area contributed by atoms with Crippen LogP contribution in [0.1, 0.15) is 16.7 Å². The third kappa shape index (κ3) is 5.06. The van der Waals surface area contributed by atoms with Gasteiger partial charge in [-0.3, -0.25) is 19.6 Å². The van der Waals surface area contributed by atoms with E-state index in [0.717, 1.165) is 11.6 Å². The molecule has 0 amide bonds. The number of aryl methyl sites for hydroxylation is 3. The number of benzene rings is 3. The summed E-state index contributed by atoms with van der Waals surface area (Å²) >= 11 is 0. The van der Waals surface area contributed by atoms with E-state index in [1.165, 1.54) is 43.3 Å². The summed E-state index contributed by atoms with van der Waals surface area (Å²) in [6, 6.07) is 14.3. The Balaban J connectivity index is 1.81. The van der Waals surface area contributed by atoms with Crippen LogP contribution in [0.2, 0.25) is 0 Å². The first kappa shape index (κ1) is 23.2. The molecule has 11 heteroatoms. The van der Waals surface area contributed by atoms with E-state index in [0.29, 0.717) is 11.1 Å². The number of hydrogen-bond acceptors (Lipinski definition) is 6. The highest BCUT2D eigenvalue weighted by Gasteiger charge is 2.21. The standard InChI is InChI=1S/C21H21N3O6S2/c1-14-4-5-16(3)21(12-14)32(29,30)23-18-9-7-17(8-10-18)22-31(27,28)19-11-6-15(2)20(13-19)24(25)26/h4-13,22-23H,1-3H3. The first-order valence-electron chi connectivity index (χ1n) is 9.37. The Kier molecular flexibility index (Phi) is 6.24. The third-order valence-electron chi connectivity index (χ3n) is 4.71. The van der Waals surface area contributed by atoms with E-state index in [-0.39, 0.29) is 26.9 Å². The monoisotopic (exact) mass is 475 g/mol. The molecule has 0 aliphatic rings. The van der Waals surface area contributed by atoms with Gasteiger partial charge in [-0.25, -0.2) is 16.8 Å². The van der Waals surface area contributed by atoms with Gasteiger partial charge in [0.1, 0.15) is 0 Å². The normalized spacial score (nSPS) is 11.7. The zero-order valence-electron chi connectivity index (χ0n) is 17.5. The van der Waals surface area contributed by atoms with Gasteiger partial charge in [-0.15, -0.1) is 0 Å². The van der Waals surface area contributed by atoms with Crippen LogP contribution in [0.3, 0.4) is 0 Å². The molecule has 0 fully saturated rings. The third-order valence-corrected chi connectivity index (χ3v) is 7.61. The lowest BCUT2D eigenvalue weighted by molar-refractivity contribution is -0.385. The van der Waals surface area contributed by atoms with Gasteiger partial charge in [0.05, 0.1) is 14.7 Å². The molecule has 0 bridgehead atoms. The average Bonchev–Trinajstić information content (AvgIpc) is 2.70. The van der Waals surface area contributed by atoms with Gasteiger partial charge in [-0.05, 0) is 68.3 Å². The fourth-order valence-electron chi connectivity index (χ4n) is 2.98. The number of nitrogens with one attached hydrogen (secondary N) is 2. The molecule has 3 rings (SSSR count). The van der Waals surface area contributed by atoms with E-state index in [1.54, 1.807) is 26.0 Å². The summed E-state index contributed by atoms with van der Waals surface area (Å²) in [5, 5.41) is 11.1. The van der Waals surface area contributed by atoms with Crippen molar-refractivity contribution in [3.05, 3.63) is 87.5 Å². The fourth-order valence-corrected chi connectivity index (χ4v) is 5.45. The highest BCUT2D eigenvalue weighted by molar-refractivity contribution is 7.93. The van der Waals surface area contributed by atoms with E-state index in [2.05, 4.69) is 9.44 Å². The Hall–Kier alpha value is -3.44. The number of sulfonamides is 2. The fraction of sp³-hybridized carbons (Fsp3) is 0.143. The Labute approximate surface area is 186 Å². The molecule has 0 aromatic heterocycles. The van der Waals surface area contributed by atoms with Gasteiger partial charge in [0, 0.05) is 23.0 Å². The lowest BCUT2D eigenvalue weighted by atomic mass is 10.2. The molecule has 0 spiro atoms. The molecule has 0 saturated heterocycles. The van der Waals surface area contributed by atoms with Crippen molar-refractivity contribution in [3.63, 3.8) is 0 Å². The summed E-state index contributed by atoms with van der Waals surface area (Å²) in [6.07, 6.45) is 0. The van der Waals surface area contributed by atoms with Crippen LogP contribution in [-0.2, 0) is 20.0 Å². The van der Waals surface area contributed by atoms with Crippen molar-refractivity contribution >= 4 is 37.1 Å². The minimum absolute atomic E-state index is 0.156. The van der Waals surface area contributed by atoms with Crippen molar-refractivity contribution in [2.45, 2.75) is 30.6 Å². The summed E-state index contributed by atoms with van der Waals surface area (Å²) < 4.78 is 55.4. The van der Waals surface area contributed by atoms with Crippen molar-refractivity contribution < 1.29 is 21.8 Å². The molecule has 0 aliphatic carbocycles. The molecule has 9 nitrogen and oxygen atoms in total. The molecule has 168 valence electrons. The second kappa shape index (κ2) is 8.60. The van der Waals surface area contributed by atoms with Gasteiger partial charge in [-0.1, -0.05) is 18.2 Å². The Morgan fingerprint density at radius 1 is 0.719 bits per heavy atom. The minimum atomic E-state index is -4.08. The number of nitrogens with zero attached hydrogens (tertiary/aromatic N) is 1. The number of anilines is 2. The van der Waals surface area contributed by atoms with Crippen LogP contribution in [0.25, 0.3) is 0 Å². The highest BCUT2D eigenvalue weighted by atomic mass is 32.2. The lowest BCUT2D eigenvalue weighted by Crippen LogP contribution is -2.15. The summed E-state index contributed by atoms with van der Waals surface area (Å²) in [4.78, 5) is 10.3. The van der Waals surface area contributed by atoms with Crippen LogP contribution in [0, 0.1) is 30.9 Å². The molecule has 0 unspecified atom stereocenters. The number of nitro groups is 1. The van der Waals surface area contributed by atoms with Gasteiger partial charge in [0.25, 0.3) is 25.7 Å². The van der Waals surface area contributed by atoms with Gasteiger partial charge < -0.3 is 0 Å². The lowest BCUT2D eigenvalue weighted by Gasteiger charge is -2.12. The maximum absolute atomic E-state index is 12.7. The van der Waals surface area contributed by atoms with Crippen LogP contribution in [0.5, 0.6) is 0 Å². The van der Waals surface area contributed by atoms with E-state index >= 15 is 0 Å². The van der Waals surface area contributed by atoms with Crippen LogP contribution in [0.4, 0.5) is 17.1 Å². The molecule has 0 atom stereocenters.